The van der Waals surface area contributed by atoms with Gasteiger partial charge in [0.25, 0.3) is 0 Å². The minimum Gasteiger partial charge on any atom is -0.492 e. The van der Waals surface area contributed by atoms with E-state index >= 15 is 0 Å². The number of rotatable bonds is 9. The number of hydrogen-bond acceptors (Lipinski definition) is 6. The number of ketones is 2. The number of carbonyl (C=O) groups excluding carboxylic acids is 2. The van der Waals surface area contributed by atoms with E-state index < -0.39 is 5.25 Å². The predicted molar refractivity (Wildman–Crippen MR) is 142 cm³/mol. The van der Waals surface area contributed by atoms with Crippen molar-refractivity contribution in [2.75, 3.05) is 13.2 Å². The van der Waals surface area contributed by atoms with Gasteiger partial charge in [-0.3, -0.25) is 9.59 Å². The Morgan fingerprint density at radius 2 is 1.53 bits per heavy atom. The van der Waals surface area contributed by atoms with Gasteiger partial charge in [-0.05, 0) is 41.0 Å². The standard InChI is InChI=1S/C30H25NO4S/c31-15-16-34-23-13-11-21(12-14-23)25-17-24(35-19-20-7-3-1-4-8-20)18-26-27(25)29(33)30(36-26)28(32)22-9-5-2-6-10-22/h1-14,17-18,30H,15-16,19,31H2. The lowest BCUT2D eigenvalue weighted by Crippen LogP contribution is -2.23. The predicted octanol–water partition coefficient (Wildman–Crippen LogP) is 5.81. The molecular weight excluding hydrogens is 470 g/mol. The summed E-state index contributed by atoms with van der Waals surface area (Å²) < 4.78 is 11.7. The first kappa shape index (κ1) is 23.9. The average Bonchev–Trinajstić information content (AvgIpc) is 3.27. The molecule has 0 saturated carbocycles. The van der Waals surface area contributed by atoms with Crippen molar-refractivity contribution in [1.29, 1.82) is 0 Å². The van der Waals surface area contributed by atoms with Crippen LogP contribution in [0, 0.1) is 0 Å². The lowest BCUT2D eigenvalue weighted by Gasteiger charge is -2.13. The Morgan fingerprint density at radius 1 is 0.833 bits per heavy atom. The van der Waals surface area contributed by atoms with Gasteiger partial charge in [0.15, 0.2) is 11.6 Å². The fourth-order valence-electron chi connectivity index (χ4n) is 4.13. The van der Waals surface area contributed by atoms with Crippen molar-refractivity contribution < 1.29 is 19.1 Å². The van der Waals surface area contributed by atoms with Crippen LogP contribution in [0.2, 0.25) is 0 Å². The van der Waals surface area contributed by atoms with E-state index in [-0.39, 0.29) is 11.6 Å². The molecule has 5 nitrogen and oxygen atoms in total. The van der Waals surface area contributed by atoms with Crippen molar-refractivity contribution in [3.8, 4) is 22.6 Å². The Labute approximate surface area is 214 Å². The zero-order valence-electron chi connectivity index (χ0n) is 19.6. The minimum absolute atomic E-state index is 0.183. The Hall–Kier alpha value is -3.87. The number of fused-ring (bicyclic) bond motifs is 1. The number of ether oxygens (including phenoxy) is 2. The molecule has 0 radical (unpaired) electrons. The third-order valence-corrected chi connectivity index (χ3v) is 7.14. The van der Waals surface area contributed by atoms with Crippen LogP contribution in [0.25, 0.3) is 11.1 Å². The molecule has 2 N–H and O–H groups in total. The summed E-state index contributed by atoms with van der Waals surface area (Å²) in [6, 6.07) is 30.1. The van der Waals surface area contributed by atoms with Crippen molar-refractivity contribution in [3.05, 3.63) is 114 Å². The summed E-state index contributed by atoms with van der Waals surface area (Å²) in [6.07, 6.45) is 0. The lowest BCUT2D eigenvalue weighted by molar-refractivity contribution is 0.0906. The quantitative estimate of drug-likeness (QED) is 0.233. The van der Waals surface area contributed by atoms with E-state index in [1.54, 1.807) is 24.3 Å². The van der Waals surface area contributed by atoms with E-state index in [1.165, 1.54) is 11.8 Å². The first-order valence-corrected chi connectivity index (χ1v) is 12.6. The number of Topliss-reactive ketones (excluding diaryl/α,β-unsaturated/α-hetero) is 2. The van der Waals surface area contributed by atoms with Gasteiger partial charge in [0.05, 0.1) is 0 Å². The molecule has 6 heteroatoms. The van der Waals surface area contributed by atoms with Crippen molar-refractivity contribution in [2.45, 2.75) is 16.8 Å². The van der Waals surface area contributed by atoms with Crippen LogP contribution in [0.5, 0.6) is 11.5 Å². The van der Waals surface area contributed by atoms with Crippen molar-refractivity contribution in [2.24, 2.45) is 5.73 Å². The summed E-state index contributed by atoms with van der Waals surface area (Å²) in [4.78, 5) is 27.5. The summed E-state index contributed by atoms with van der Waals surface area (Å²) in [6.45, 7) is 1.25. The number of carbonyl (C=O) groups is 2. The molecule has 1 aliphatic heterocycles. The zero-order valence-corrected chi connectivity index (χ0v) is 20.4. The van der Waals surface area contributed by atoms with Crippen molar-refractivity contribution in [3.63, 3.8) is 0 Å². The molecule has 0 spiro atoms. The van der Waals surface area contributed by atoms with Crippen LogP contribution >= 0.6 is 11.8 Å². The summed E-state index contributed by atoms with van der Waals surface area (Å²) >= 11 is 1.29. The Morgan fingerprint density at radius 3 is 2.22 bits per heavy atom. The zero-order chi connectivity index (χ0) is 24.9. The van der Waals surface area contributed by atoms with Gasteiger partial charge in [-0.25, -0.2) is 0 Å². The number of benzene rings is 4. The molecule has 4 aromatic carbocycles. The number of thioether (sulfide) groups is 1. The fourth-order valence-corrected chi connectivity index (χ4v) is 5.37. The maximum atomic E-state index is 13.6. The average molecular weight is 496 g/mol. The van der Waals surface area contributed by atoms with Gasteiger partial charge < -0.3 is 15.2 Å². The maximum absolute atomic E-state index is 13.6. The van der Waals surface area contributed by atoms with E-state index in [9.17, 15) is 9.59 Å². The molecule has 0 bridgehead atoms. The van der Waals surface area contributed by atoms with Gasteiger partial charge in [-0.1, -0.05) is 72.8 Å². The van der Waals surface area contributed by atoms with Crippen LogP contribution in [0.3, 0.4) is 0 Å². The van der Waals surface area contributed by atoms with Crippen LogP contribution in [-0.4, -0.2) is 30.0 Å². The largest absolute Gasteiger partial charge is 0.492 e. The van der Waals surface area contributed by atoms with Crippen molar-refractivity contribution >= 4 is 23.3 Å². The Bertz CT molecular complexity index is 1370. The molecular formula is C30H25NO4S. The fraction of sp³-hybridized carbons (Fsp3) is 0.133. The molecule has 0 fully saturated rings. The minimum atomic E-state index is -0.822. The SMILES string of the molecule is NCCOc1ccc(-c2cc(OCc3ccccc3)cc3c2C(=O)C(C(=O)c2ccccc2)S3)cc1. The number of nitrogens with two attached hydrogens (primary N) is 1. The highest BCUT2D eigenvalue weighted by Crippen LogP contribution is 2.45. The molecule has 180 valence electrons. The molecule has 4 aromatic rings. The summed E-state index contributed by atoms with van der Waals surface area (Å²) in [5, 5.41) is -0.822. The highest BCUT2D eigenvalue weighted by Gasteiger charge is 2.39. The van der Waals surface area contributed by atoms with Crippen LogP contribution in [-0.2, 0) is 6.61 Å². The molecule has 36 heavy (non-hydrogen) atoms. The highest BCUT2D eigenvalue weighted by atomic mass is 32.2. The van der Waals surface area contributed by atoms with E-state index in [1.807, 2.05) is 72.8 Å². The van der Waals surface area contributed by atoms with Crippen LogP contribution in [0.4, 0.5) is 0 Å². The first-order chi connectivity index (χ1) is 17.6. The second kappa shape index (κ2) is 10.8. The van der Waals surface area contributed by atoms with Crippen LogP contribution in [0.15, 0.2) is 102 Å². The van der Waals surface area contributed by atoms with Gasteiger partial charge in [0.1, 0.15) is 30.0 Å². The van der Waals surface area contributed by atoms with Crippen LogP contribution in [0.1, 0.15) is 26.3 Å². The van der Waals surface area contributed by atoms with E-state index in [2.05, 4.69) is 0 Å². The maximum Gasteiger partial charge on any atom is 0.185 e. The first-order valence-electron chi connectivity index (χ1n) is 11.7. The normalized spacial score (nSPS) is 14.4. The van der Waals surface area contributed by atoms with Gasteiger partial charge in [0.2, 0.25) is 0 Å². The molecule has 5 rings (SSSR count). The molecule has 1 atom stereocenters. The lowest BCUT2D eigenvalue weighted by atomic mass is 9.93. The second-order valence-electron chi connectivity index (χ2n) is 8.37. The van der Waals surface area contributed by atoms with Crippen molar-refractivity contribution in [1.82, 2.24) is 0 Å². The summed E-state index contributed by atoms with van der Waals surface area (Å²) in [5.74, 6) is 0.973. The third-order valence-electron chi connectivity index (χ3n) is 5.90. The monoisotopic (exact) mass is 495 g/mol. The smallest absolute Gasteiger partial charge is 0.185 e. The van der Waals surface area contributed by atoms with Crippen LogP contribution < -0.4 is 15.2 Å². The van der Waals surface area contributed by atoms with Gasteiger partial charge in [-0.15, -0.1) is 11.8 Å². The molecule has 0 aromatic heterocycles. The topological polar surface area (TPSA) is 78.6 Å². The molecule has 0 saturated heterocycles. The molecule has 1 aliphatic rings. The Balaban J connectivity index is 1.50. The summed E-state index contributed by atoms with van der Waals surface area (Å²) in [7, 11) is 0. The number of hydrogen-bond donors (Lipinski definition) is 1. The summed E-state index contributed by atoms with van der Waals surface area (Å²) in [5.41, 5.74) is 9.24. The molecule has 1 unspecified atom stereocenters. The third kappa shape index (κ3) is 5.05. The Kier molecular flexibility index (Phi) is 7.16. The van der Waals surface area contributed by atoms with E-state index in [0.29, 0.717) is 42.4 Å². The highest BCUT2D eigenvalue weighted by molar-refractivity contribution is 8.02. The molecule has 0 amide bonds. The second-order valence-corrected chi connectivity index (χ2v) is 9.52. The molecule has 0 aliphatic carbocycles. The van der Waals surface area contributed by atoms with Gasteiger partial charge >= 0.3 is 0 Å². The molecule has 1 heterocycles. The van der Waals surface area contributed by atoms with E-state index in [0.717, 1.165) is 21.6 Å². The van der Waals surface area contributed by atoms with E-state index in [4.69, 9.17) is 15.2 Å². The van der Waals surface area contributed by atoms with Gasteiger partial charge in [0, 0.05) is 22.6 Å². The van der Waals surface area contributed by atoms with Gasteiger partial charge in [-0.2, -0.15) is 0 Å².